The Morgan fingerprint density at radius 3 is 2.55 bits per heavy atom. The van der Waals surface area contributed by atoms with Crippen molar-refractivity contribution in [2.45, 2.75) is 25.2 Å². The lowest BCUT2D eigenvalue weighted by Crippen LogP contribution is -2.39. The van der Waals surface area contributed by atoms with Crippen LogP contribution in [0.15, 0.2) is 54.6 Å². The third kappa shape index (κ3) is 4.64. The second-order valence-corrected chi connectivity index (χ2v) is 6.98. The number of nitrogens with one attached hydrogen (secondary N) is 1. The van der Waals surface area contributed by atoms with E-state index in [2.05, 4.69) is 19.9 Å². The highest BCUT2D eigenvalue weighted by atomic mass is 19.4. The average Bonchev–Trinajstić information content (AvgIpc) is 2.67. The lowest BCUT2D eigenvalue weighted by molar-refractivity contribution is -0.274. The quantitative estimate of drug-likeness (QED) is 0.639. The summed E-state index contributed by atoms with van der Waals surface area (Å²) < 4.78 is 41.2. The summed E-state index contributed by atoms with van der Waals surface area (Å²) in [4.78, 5) is 6.21. The van der Waals surface area contributed by atoms with E-state index in [1.807, 2.05) is 24.3 Å². The Kier molecular flexibility index (Phi) is 5.08. The first kappa shape index (κ1) is 19.2. The number of para-hydroxylation sites is 1. The van der Waals surface area contributed by atoms with Gasteiger partial charge in [-0.2, -0.15) is 0 Å². The van der Waals surface area contributed by atoms with Crippen molar-refractivity contribution in [1.82, 2.24) is 4.98 Å². The van der Waals surface area contributed by atoms with E-state index in [0.717, 1.165) is 37.0 Å². The fourth-order valence-corrected chi connectivity index (χ4v) is 3.68. The van der Waals surface area contributed by atoms with Gasteiger partial charge in [0.15, 0.2) is 0 Å². The van der Waals surface area contributed by atoms with E-state index in [0.29, 0.717) is 11.2 Å². The summed E-state index contributed by atoms with van der Waals surface area (Å²) >= 11 is 0. The molecule has 1 aliphatic heterocycles. The molecule has 1 fully saturated rings. The molecule has 1 aliphatic rings. The first-order valence-electron chi connectivity index (χ1n) is 9.31. The molecular formula is C21H19F3N3O2. The first-order valence-corrected chi connectivity index (χ1v) is 9.31. The predicted molar refractivity (Wildman–Crippen MR) is 104 cm³/mol. The minimum absolute atomic E-state index is 0.118. The maximum atomic E-state index is 12.4. The molecule has 0 aliphatic carbocycles. The zero-order valence-electron chi connectivity index (χ0n) is 15.4. The Morgan fingerprint density at radius 2 is 1.79 bits per heavy atom. The largest absolute Gasteiger partial charge is 0.573 e. The van der Waals surface area contributed by atoms with E-state index in [-0.39, 0.29) is 17.7 Å². The molecule has 0 spiro atoms. The molecule has 1 radical (unpaired) electrons. The van der Waals surface area contributed by atoms with Gasteiger partial charge in [-0.3, -0.25) is 5.11 Å². The SMILES string of the molecule is [O]c1cc(N2CCC(Nc3cccc(OC(F)(F)F)c3)CC2)c2ccccc2n1. The van der Waals surface area contributed by atoms with Gasteiger partial charge in [0.05, 0.1) is 11.2 Å². The van der Waals surface area contributed by atoms with Gasteiger partial charge >= 0.3 is 6.36 Å². The molecule has 2 aromatic carbocycles. The smallest absolute Gasteiger partial charge is 0.406 e. The minimum atomic E-state index is -4.71. The molecule has 5 nitrogen and oxygen atoms in total. The number of hydrogen-bond acceptors (Lipinski definition) is 4. The van der Waals surface area contributed by atoms with Crippen molar-refractivity contribution >= 4 is 22.3 Å². The Bertz CT molecular complexity index is 1000. The number of aromatic nitrogens is 1. The highest BCUT2D eigenvalue weighted by Gasteiger charge is 2.31. The number of halogens is 3. The van der Waals surface area contributed by atoms with Crippen LogP contribution in [0.4, 0.5) is 24.5 Å². The Morgan fingerprint density at radius 1 is 1.03 bits per heavy atom. The topological polar surface area (TPSA) is 57.3 Å². The summed E-state index contributed by atoms with van der Waals surface area (Å²) in [5.41, 5.74) is 2.14. The van der Waals surface area contributed by atoms with Crippen LogP contribution in [-0.4, -0.2) is 30.5 Å². The fourth-order valence-electron chi connectivity index (χ4n) is 3.68. The number of alkyl halides is 3. The van der Waals surface area contributed by atoms with Crippen LogP contribution in [-0.2, 0) is 5.11 Å². The zero-order valence-corrected chi connectivity index (χ0v) is 15.4. The number of benzene rings is 2. The van der Waals surface area contributed by atoms with Crippen LogP contribution in [0.1, 0.15) is 12.8 Å². The molecule has 3 aromatic rings. The van der Waals surface area contributed by atoms with Crippen LogP contribution in [0.5, 0.6) is 11.6 Å². The molecule has 0 atom stereocenters. The number of nitrogens with zero attached hydrogens (tertiary/aromatic N) is 2. The predicted octanol–water partition coefficient (Wildman–Crippen LogP) is 5.36. The van der Waals surface area contributed by atoms with Crippen LogP contribution in [0.25, 0.3) is 10.9 Å². The lowest BCUT2D eigenvalue weighted by atomic mass is 10.0. The van der Waals surface area contributed by atoms with Gasteiger partial charge in [0.1, 0.15) is 5.75 Å². The Labute approximate surface area is 165 Å². The van der Waals surface area contributed by atoms with E-state index in [1.165, 1.54) is 18.2 Å². The summed E-state index contributed by atoms with van der Waals surface area (Å²) in [5, 5.41) is 16.2. The number of anilines is 2. The van der Waals surface area contributed by atoms with Crippen LogP contribution >= 0.6 is 0 Å². The molecule has 0 amide bonds. The lowest BCUT2D eigenvalue weighted by Gasteiger charge is -2.35. The molecule has 29 heavy (non-hydrogen) atoms. The van der Waals surface area contributed by atoms with Gasteiger partial charge < -0.3 is 15.0 Å². The molecule has 1 aromatic heterocycles. The monoisotopic (exact) mass is 402 g/mol. The van der Waals surface area contributed by atoms with Gasteiger partial charge in [0.25, 0.3) is 5.88 Å². The Balaban J connectivity index is 1.43. The maximum Gasteiger partial charge on any atom is 0.573 e. The van der Waals surface area contributed by atoms with Crippen molar-refractivity contribution in [3.8, 4) is 11.6 Å². The van der Waals surface area contributed by atoms with E-state index >= 15 is 0 Å². The number of ether oxygens (including phenoxy) is 1. The van der Waals surface area contributed by atoms with Gasteiger partial charge in [-0.05, 0) is 31.0 Å². The molecule has 0 bridgehead atoms. The third-order valence-corrected chi connectivity index (χ3v) is 4.94. The number of pyridine rings is 1. The highest BCUT2D eigenvalue weighted by molar-refractivity contribution is 5.92. The first-order chi connectivity index (χ1) is 13.9. The van der Waals surface area contributed by atoms with Crippen molar-refractivity contribution in [3.63, 3.8) is 0 Å². The molecule has 0 saturated carbocycles. The number of fused-ring (bicyclic) bond motifs is 1. The normalized spacial score (nSPS) is 15.5. The molecule has 2 heterocycles. The fraction of sp³-hybridized carbons (Fsp3) is 0.286. The van der Waals surface area contributed by atoms with E-state index < -0.39 is 6.36 Å². The number of piperidine rings is 1. The minimum Gasteiger partial charge on any atom is -0.406 e. The van der Waals surface area contributed by atoms with Crippen LogP contribution in [0, 0.1) is 0 Å². The van der Waals surface area contributed by atoms with Crippen molar-refractivity contribution < 1.29 is 23.0 Å². The second-order valence-electron chi connectivity index (χ2n) is 6.98. The third-order valence-electron chi connectivity index (χ3n) is 4.94. The summed E-state index contributed by atoms with van der Waals surface area (Å²) in [6, 6.07) is 15.1. The molecular weight excluding hydrogens is 383 g/mol. The van der Waals surface area contributed by atoms with Crippen molar-refractivity contribution in [2.24, 2.45) is 0 Å². The van der Waals surface area contributed by atoms with Crippen LogP contribution in [0.3, 0.4) is 0 Å². The molecule has 4 rings (SSSR count). The van der Waals surface area contributed by atoms with Crippen molar-refractivity contribution in [1.29, 1.82) is 0 Å². The number of hydrogen-bond donors (Lipinski definition) is 1. The van der Waals surface area contributed by atoms with Crippen LogP contribution < -0.4 is 15.0 Å². The maximum absolute atomic E-state index is 12.4. The van der Waals surface area contributed by atoms with Gasteiger partial charge in [0, 0.05) is 42.3 Å². The van der Waals surface area contributed by atoms with Crippen LogP contribution in [0.2, 0.25) is 0 Å². The molecule has 1 saturated heterocycles. The average molecular weight is 402 g/mol. The molecule has 151 valence electrons. The van der Waals surface area contributed by atoms with E-state index in [1.54, 1.807) is 12.1 Å². The van der Waals surface area contributed by atoms with Gasteiger partial charge in [-0.1, -0.05) is 24.3 Å². The summed E-state index contributed by atoms with van der Waals surface area (Å²) in [7, 11) is 0. The van der Waals surface area contributed by atoms with Crippen molar-refractivity contribution in [3.05, 3.63) is 54.6 Å². The summed E-state index contributed by atoms with van der Waals surface area (Å²) in [5.74, 6) is -0.508. The van der Waals surface area contributed by atoms with Gasteiger partial charge in [-0.15, -0.1) is 13.2 Å². The molecule has 1 N–H and O–H groups in total. The number of rotatable bonds is 4. The van der Waals surface area contributed by atoms with Gasteiger partial charge in [0.2, 0.25) is 0 Å². The molecule has 8 heteroatoms. The second kappa shape index (κ2) is 7.69. The molecule has 0 unspecified atom stereocenters. The van der Waals surface area contributed by atoms with E-state index in [9.17, 15) is 18.3 Å². The Hall–Kier alpha value is -3.16. The van der Waals surface area contributed by atoms with Gasteiger partial charge in [-0.25, -0.2) is 4.98 Å². The van der Waals surface area contributed by atoms with Crippen molar-refractivity contribution in [2.75, 3.05) is 23.3 Å². The van der Waals surface area contributed by atoms with E-state index in [4.69, 9.17) is 0 Å². The highest BCUT2D eigenvalue weighted by Crippen LogP contribution is 2.32. The summed E-state index contributed by atoms with van der Waals surface area (Å²) in [6.07, 6.45) is -3.14. The summed E-state index contributed by atoms with van der Waals surface area (Å²) in [6.45, 7) is 1.45. The standard InChI is InChI=1S/C21H19F3N3O2/c22-21(23,24)29-16-5-3-4-15(12-16)25-14-8-10-27(11-9-14)19-13-20(28)26-18-7-2-1-6-17(18)19/h1-7,12-14,25H,8-11H2. The zero-order chi connectivity index (χ0) is 20.4.